The first-order valence-corrected chi connectivity index (χ1v) is 7.60. The van der Waals surface area contributed by atoms with E-state index < -0.39 is 0 Å². The molecule has 1 aliphatic heterocycles. The summed E-state index contributed by atoms with van der Waals surface area (Å²) in [6.07, 6.45) is 2.88. The lowest BCUT2D eigenvalue weighted by atomic mass is 10.1. The van der Waals surface area contributed by atoms with Gasteiger partial charge in [-0.1, -0.05) is 25.1 Å². The summed E-state index contributed by atoms with van der Waals surface area (Å²) in [6, 6.07) is 6.71. The van der Waals surface area contributed by atoms with Crippen molar-refractivity contribution in [1.29, 1.82) is 0 Å². The maximum Gasteiger partial charge on any atom is 0.225 e. The van der Waals surface area contributed by atoms with Gasteiger partial charge in [-0.05, 0) is 25.0 Å². The molecule has 1 fully saturated rings. The van der Waals surface area contributed by atoms with Gasteiger partial charge < -0.3 is 9.64 Å². The van der Waals surface area contributed by atoms with Crippen molar-refractivity contribution in [1.82, 2.24) is 9.97 Å². The molecule has 0 bridgehead atoms. The zero-order chi connectivity index (χ0) is 15.5. The van der Waals surface area contributed by atoms with Crippen LogP contribution < -0.4 is 4.90 Å². The molecule has 116 valence electrons. The Labute approximate surface area is 130 Å². The number of benzene rings is 1. The van der Waals surface area contributed by atoms with Gasteiger partial charge in [-0.2, -0.15) is 0 Å². The molecule has 1 aliphatic rings. The van der Waals surface area contributed by atoms with Gasteiger partial charge in [-0.3, -0.25) is 0 Å². The maximum absolute atomic E-state index is 13.5. The van der Waals surface area contributed by atoms with Crippen molar-refractivity contribution in [2.75, 3.05) is 18.0 Å². The molecule has 2 heterocycles. The molecule has 5 heteroatoms. The monoisotopic (exact) mass is 301 g/mol. The van der Waals surface area contributed by atoms with E-state index in [4.69, 9.17) is 4.74 Å². The minimum Gasteiger partial charge on any atom is -0.370 e. The molecule has 0 amide bonds. The summed E-state index contributed by atoms with van der Waals surface area (Å²) >= 11 is 0. The molecule has 0 N–H and O–H groups in total. The minimum atomic E-state index is -0.215. The molecule has 3 rings (SSSR count). The van der Waals surface area contributed by atoms with Gasteiger partial charge >= 0.3 is 0 Å². The highest BCUT2D eigenvalue weighted by atomic mass is 19.1. The largest absolute Gasteiger partial charge is 0.370 e. The molecular weight excluding hydrogens is 281 g/mol. The standard InChI is InChI=1S/C17H20FN3O/c1-3-16-12(2)8-19-17(20-16)21-9-14(10-21)22-11-13-6-4-5-7-15(13)18/h4-8,14H,3,9-11H2,1-2H3. The van der Waals surface area contributed by atoms with Crippen molar-refractivity contribution >= 4 is 5.95 Å². The first kappa shape index (κ1) is 14.9. The van der Waals surface area contributed by atoms with Gasteiger partial charge in [0.2, 0.25) is 5.95 Å². The molecule has 0 saturated carbocycles. The first-order valence-electron chi connectivity index (χ1n) is 7.60. The van der Waals surface area contributed by atoms with E-state index >= 15 is 0 Å². The van der Waals surface area contributed by atoms with Crippen LogP contribution in [-0.2, 0) is 17.8 Å². The fourth-order valence-corrected chi connectivity index (χ4v) is 2.51. The van der Waals surface area contributed by atoms with Gasteiger partial charge in [-0.15, -0.1) is 0 Å². The van der Waals surface area contributed by atoms with Crippen LogP contribution in [0.5, 0.6) is 0 Å². The van der Waals surface area contributed by atoms with Gasteiger partial charge in [0.1, 0.15) is 5.82 Å². The summed E-state index contributed by atoms with van der Waals surface area (Å²) in [5, 5.41) is 0. The summed E-state index contributed by atoms with van der Waals surface area (Å²) in [5.74, 6) is 0.543. The van der Waals surface area contributed by atoms with E-state index in [9.17, 15) is 4.39 Å². The lowest BCUT2D eigenvalue weighted by Gasteiger charge is -2.39. The molecule has 1 aromatic carbocycles. The number of ether oxygens (including phenoxy) is 1. The Hall–Kier alpha value is -2.01. The molecule has 0 spiro atoms. The van der Waals surface area contributed by atoms with E-state index in [-0.39, 0.29) is 11.9 Å². The Morgan fingerprint density at radius 2 is 2.09 bits per heavy atom. The lowest BCUT2D eigenvalue weighted by molar-refractivity contribution is 0.0204. The number of aromatic nitrogens is 2. The molecule has 2 aromatic rings. The summed E-state index contributed by atoms with van der Waals surface area (Å²) in [5.41, 5.74) is 2.81. The van der Waals surface area contributed by atoms with Gasteiger partial charge in [0.25, 0.3) is 0 Å². The van der Waals surface area contributed by atoms with Crippen LogP contribution in [0.1, 0.15) is 23.7 Å². The third kappa shape index (κ3) is 3.09. The number of anilines is 1. The van der Waals surface area contributed by atoms with Crippen LogP contribution in [-0.4, -0.2) is 29.2 Å². The van der Waals surface area contributed by atoms with E-state index in [1.165, 1.54) is 6.07 Å². The van der Waals surface area contributed by atoms with Crippen molar-refractivity contribution in [3.63, 3.8) is 0 Å². The molecule has 1 aromatic heterocycles. The zero-order valence-corrected chi connectivity index (χ0v) is 12.9. The van der Waals surface area contributed by atoms with E-state index in [1.807, 2.05) is 19.2 Å². The number of rotatable bonds is 5. The van der Waals surface area contributed by atoms with Crippen LogP contribution >= 0.6 is 0 Å². The highest BCUT2D eigenvalue weighted by Crippen LogP contribution is 2.21. The second kappa shape index (κ2) is 6.40. The molecular formula is C17H20FN3O. The second-order valence-electron chi connectivity index (χ2n) is 5.58. The SMILES string of the molecule is CCc1nc(N2CC(OCc3ccccc3F)C2)ncc1C. The topological polar surface area (TPSA) is 38.2 Å². The fourth-order valence-electron chi connectivity index (χ4n) is 2.51. The third-order valence-electron chi connectivity index (χ3n) is 3.96. The van der Waals surface area contributed by atoms with Crippen molar-refractivity contribution in [3.8, 4) is 0 Å². The van der Waals surface area contributed by atoms with Crippen molar-refractivity contribution in [3.05, 3.63) is 53.1 Å². The third-order valence-corrected chi connectivity index (χ3v) is 3.96. The van der Waals surface area contributed by atoms with Gasteiger partial charge in [0.05, 0.1) is 12.7 Å². The smallest absolute Gasteiger partial charge is 0.225 e. The minimum absolute atomic E-state index is 0.106. The number of aryl methyl sites for hydroxylation is 2. The van der Waals surface area contributed by atoms with Crippen LogP contribution in [0.15, 0.2) is 30.5 Å². The Kier molecular flexibility index (Phi) is 4.34. The summed E-state index contributed by atoms with van der Waals surface area (Å²) in [4.78, 5) is 11.0. The molecule has 0 radical (unpaired) electrons. The molecule has 0 aliphatic carbocycles. The highest BCUT2D eigenvalue weighted by molar-refractivity contribution is 5.37. The molecule has 0 unspecified atom stereocenters. The Morgan fingerprint density at radius 1 is 1.32 bits per heavy atom. The highest BCUT2D eigenvalue weighted by Gasteiger charge is 2.29. The van der Waals surface area contributed by atoms with Crippen molar-refractivity contribution < 1.29 is 9.13 Å². The lowest BCUT2D eigenvalue weighted by Crippen LogP contribution is -2.53. The van der Waals surface area contributed by atoms with E-state index in [2.05, 4.69) is 21.8 Å². The summed E-state index contributed by atoms with van der Waals surface area (Å²) in [7, 11) is 0. The Morgan fingerprint density at radius 3 is 2.82 bits per heavy atom. The average molecular weight is 301 g/mol. The van der Waals surface area contributed by atoms with Crippen molar-refractivity contribution in [2.24, 2.45) is 0 Å². The van der Waals surface area contributed by atoms with Gasteiger partial charge in [-0.25, -0.2) is 14.4 Å². The Balaban J connectivity index is 1.53. The Bertz CT molecular complexity index is 656. The second-order valence-corrected chi connectivity index (χ2v) is 5.58. The number of halogens is 1. The predicted molar refractivity (Wildman–Crippen MR) is 83.3 cm³/mol. The van der Waals surface area contributed by atoms with Gasteiger partial charge in [0.15, 0.2) is 0 Å². The molecule has 1 saturated heterocycles. The molecule has 4 nitrogen and oxygen atoms in total. The molecule has 22 heavy (non-hydrogen) atoms. The summed E-state index contributed by atoms with van der Waals surface area (Å²) in [6.45, 7) is 5.93. The van der Waals surface area contributed by atoms with Crippen LogP contribution in [0, 0.1) is 12.7 Å². The van der Waals surface area contributed by atoms with E-state index in [0.717, 1.165) is 36.7 Å². The zero-order valence-electron chi connectivity index (χ0n) is 12.9. The predicted octanol–water partition coefficient (Wildman–Crippen LogP) is 2.89. The van der Waals surface area contributed by atoms with E-state index in [0.29, 0.717) is 12.2 Å². The normalized spacial score (nSPS) is 15.0. The van der Waals surface area contributed by atoms with Crippen LogP contribution in [0.4, 0.5) is 10.3 Å². The van der Waals surface area contributed by atoms with E-state index in [1.54, 1.807) is 12.1 Å². The number of hydrogen-bond acceptors (Lipinski definition) is 4. The number of hydrogen-bond donors (Lipinski definition) is 0. The van der Waals surface area contributed by atoms with Gasteiger partial charge in [0, 0.05) is 30.5 Å². The van der Waals surface area contributed by atoms with Crippen LogP contribution in [0.2, 0.25) is 0 Å². The fraction of sp³-hybridized carbons (Fsp3) is 0.412. The van der Waals surface area contributed by atoms with Crippen LogP contribution in [0.3, 0.4) is 0 Å². The quantitative estimate of drug-likeness (QED) is 0.851. The van der Waals surface area contributed by atoms with Crippen LogP contribution in [0.25, 0.3) is 0 Å². The maximum atomic E-state index is 13.5. The molecule has 0 atom stereocenters. The van der Waals surface area contributed by atoms with Crippen molar-refractivity contribution in [2.45, 2.75) is 33.0 Å². The first-order chi connectivity index (χ1) is 10.7. The number of nitrogens with zero attached hydrogens (tertiary/aromatic N) is 3. The summed E-state index contributed by atoms with van der Waals surface area (Å²) < 4.78 is 19.3. The average Bonchev–Trinajstić information content (AvgIpc) is 2.48.